The fourth-order valence-corrected chi connectivity index (χ4v) is 4.24. The Bertz CT molecular complexity index is 675. The van der Waals surface area contributed by atoms with Gasteiger partial charge in [0.25, 0.3) is 0 Å². The van der Waals surface area contributed by atoms with Gasteiger partial charge in [-0.3, -0.25) is 0 Å². The number of ether oxygens (including phenoxy) is 1. The summed E-state index contributed by atoms with van der Waals surface area (Å²) < 4.78 is 19.6. The average molecular weight is 421 g/mol. The Morgan fingerprint density at radius 1 is 1.20 bits per heavy atom. The van der Waals surface area contributed by atoms with Crippen molar-refractivity contribution >= 4 is 43.5 Å². The van der Waals surface area contributed by atoms with Crippen LogP contribution >= 0.6 is 43.5 Å². The third kappa shape index (κ3) is 2.61. The van der Waals surface area contributed by atoms with Crippen LogP contribution in [0.3, 0.4) is 0 Å². The summed E-state index contributed by atoms with van der Waals surface area (Å²) in [5.41, 5.74) is 3.03. The van der Waals surface area contributed by atoms with Crippen LogP contribution in [-0.4, -0.2) is 6.61 Å². The Morgan fingerprint density at radius 2 is 2.00 bits per heavy atom. The van der Waals surface area contributed by atoms with Crippen LogP contribution in [0.1, 0.15) is 21.5 Å². The maximum Gasteiger partial charge on any atom is 0.127 e. The van der Waals surface area contributed by atoms with Gasteiger partial charge in [-0.05, 0) is 35.4 Å². The summed E-state index contributed by atoms with van der Waals surface area (Å²) in [5, 5.41) is 0.687. The standard InChI is InChI=1S/C15H10Br2ClFO/c16-13-7-10(19)1-2-11(13)14(17)12-6-9(18)5-8-3-4-20-15(8)12/h1-2,5-7,14H,3-4H2. The van der Waals surface area contributed by atoms with E-state index in [1.165, 1.54) is 12.1 Å². The maximum absolute atomic E-state index is 13.2. The predicted octanol–water partition coefficient (Wildman–Crippen LogP) is 5.66. The molecule has 2 aromatic rings. The van der Waals surface area contributed by atoms with E-state index >= 15 is 0 Å². The Morgan fingerprint density at radius 3 is 2.75 bits per heavy atom. The van der Waals surface area contributed by atoms with Gasteiger partial charge in [-0.2, -0.15) is 0 Å². The zero-order valence-corrected chi connectivity index (χ0v) is 14.2. The summed E-state index contributed by atoms with van der Waals surface area (Å²) in [4.78, 5) is -0.108. The molecule has 0 aromatic heterocycles. The molecule has 1 atom stereocenters. The fourth-order valence-electron chi connectivity index (χ4n) is 2.36. The molecule has 20 heavy (non-hydrogen) atoms. The fraction of sp³-hybridized carbons (Fsp3) is 0.200. The summed E-state index contributed by atoms with van der Waals surface area (Å²) in [6.45, 7) is 0.674. The van der Waals surface area contributed by atoms with Crippen LogP contribution in [0.4, 0.5) is 4.39 Å². The Kier molecular flexibility index (Phi) is 4.07. The van der Waals surface area contributed by atoms with Crippen molar-refractivity contribution in [1.82, 2.24) is 0 Å². The Hall–Kier alpha value is -0.580. The second-order valence-corrected chi connectivity index (χ2v) is 6.82. The van der Waals surface area contributed by atoms with E-state index < -0.39 is 0 Å². The van der Waals surface area contributed by atoms with Gasteiger partial charge in [-0.25, -0.2) is 4.39 Å². The zero-order valence-electron chi connectivity index (χ0n) is 10.3. The highest BCUT2D eigenvalue weighted by Crippen LogP contribution is 2.44. The first-order valence-corrected chi connectivity index (χ1v) is 8.19. The first-order valence-electron chi connectivity index (χ1n) is 6.10. The molecule has 1 heterocycles. The lowest BCUT2D eigenvalue weighted by Gasteiger charge is -2.16. The van der Waals surface area contributed by atoms with Crippen LogP contribution < -0.4 is 4.74 Å². The lowest BCUT2D eigenvalue weighted by molar-refractivity contribution is 0.354. The van der Waals surface area contributed by atoms with Crippen molar-refractivity contribution in [3.63, 3.8) is 0 Å². The lowest BCUT2D eigenvalue weighted by Crippen LogP contribution is -1.98. The van der Waals surface area contributed by atoms with Crippen molar-refractivity contribution in [2.75, 3.05) is 6.61 Å². The molecule has 104 valence electrons. The molecule has 0 saturated carbocycles. The van der Waals surface area contributed by atoms with Crippen molar-refractivity contribution in [2.45, 2.75) is 11.2 Å². The average Bonchev–Trinajstić information content (AvgIpc) is 2.85. The van der Waals surface area contributed by atoms with E-state index in [2.05, 4.69) is 31.9 Å². The molecule has 3 rings (SSSR count). The van der Waals surface area contributed by atoms with Gasteiger partial charge in [0.2, 0.25) is 0 Å². The second-order valence-electron chi connectivity index (χ2n) is 4.61. The highest BCUT2D eigenvalue weighted by atomic mass is 79.9. The van der Waals surface area contributed by atoms with Gasteiger partial charge >= 0.3 is 0 Å². The third-order valence-corrected chi connectivity index (χ3v) is 5.18. The van der Waals surface area contributed by atoms with E-state index in [4.69, 9.17) is 16.3 Å². The molecule has 1 nitrogen and oxygen atoms in total. The minimum absolute atomic E-state index is 0.108. The number of rotatable bonds is 2. The monoisotopic (exact) mass is 418 g/mol. The predicted molar refractivity (Wildman–Crippen MR) is 85.5 cm³/mol. The third-order valence-electron chi connectivity index (χ3n) is 3.29. The van der Waals surface area contributed by atoms with E-state index in [1.807, 2.05) is 12.1 Å². The van der Waals surface area contributed by atoms with Crippen molar-refractivity contribution < 1.29 is 9.13 Å². The summed E-state index contributed by atoms with van der Waals surface area (Å²) in [7, 11) is 0. The number of alkyl halides is 1. The van der Waals surface area contributed by atoms with Crippen molar-refractivity contribution in [1.29, 1.82) is 0 Å². The van der Waals surface area contributed by atoms with Gasteiger partial charge < -0.3 is 4.74 Å². The summed E-state index contributed by atoms with van der Waals surface area (Å²) in [5.74, 6) is 0.611. The van der Waals surface area contributed by atoms with Crippen molar-refractivity contribution in [2.24, 2.45) is 0 Å². The molecular formula is C15H10Br2ClFO. The van der Waals surface area contributed by atoms with Crippen LogP contribution in [0.15, 0.2) is 34.8 Å². The van der Waals surface area contributed by atoms with Crippen molar-refractivity contribution in [3.05, 3.63) is 62.3 Å². The van der Waals surface area contributed by atoms with Crippen LogP contribution in [0.2, 0.25) is 5.02 Å². The van der Waals surface area contributed by atoms with Gasteiger partial charge in [-0.15, -0.1) is 0 Å². The molecule has 0 N–H and O–H groups in total. The number of hydrogen-bond donors (Lipinski definition) is 0. The molecule has 0 amide bonds. The molecule has 2 aromatic carbocycles. The molecule has 5 heteroatoms. The number of halogens is 4. The summed E-state index contributed by atoms with van der Waals surface area (Å²) >= 11 is 13.2. The molecule has 0 bridgehead atoms. The van der Waals surface area contributed by atoms with Crippen LogP contribution in [0.25, 0.3) is 0 Å². The Labute approximate surface area is 138 Å². The number of benzene rings is 2. The summed E-state index contributed by atoms with van der Waals surface area (Å²) in [6.07, 6.45) is 0.868. The van der Waals surface area contributed by atoms with E-state index in [0.29, 0.717) is 16.1 Å². The molecule has 0 aliphatic carbocycles. The topological polar surface area (TPSA) is 9.23 Å². The quantitative estimate of drug-likeness (QED) is 0.570. The molecule has 0 saturated heterocycles. The van der Waals surface area contributed by atoms with Crippen LogP contribution in [-0.2, 0) is 6.42 Å². The molecule has 0 fully saturated rings. The lowest BCUT2D eigenvalue weighted by atomic mass is 10.0. The van der Waals surface area contributed by atoms with E-state index in [0.717, 1.165) is 28.9 Å². The van der Waals surface area contributed by atoms with Gasteiger partial charge in [0, 0.05) is 21.5 Å². The van der Waals surface area contributed by atoms with Gasteiger partial charge in [0.15, 0.2) is 0 Å². The van der Waals surface area contributed by atoms with Gasteiger partial charge in [-0.1, -0.05) is 49.5 Å². The normalized spacial score (nSPS) is 14.8. The molecule has 1 aliphatic heterocycles. The molecule has 0 radical (unpaired) electrons. The van der Waals surface area contributed by atoms with E-state index in [1.54, 1.807) is 6.07 Å². The largest absolute Gasteiger partial charge is 0.493 e. The van der Waals surface area contributed by atoms with Crippen LogP contribution in [0.5, 0.6) is 5.75 Å². The maximum atomic E-state index is 13.2. The number of fused-ring (bicyclic) bond motifs is 1. The first-order chi connectivity index (χ1) is 9.56. The minimum atomic E-state index is -0.270. The summed E-state index contributed by atoms with van der Waals surface area (Å²) in [6, 6.07) is 8.48. The molecule has 1 aliphatic rings. The van der Waals surface area contributed by atoms with Crippen LogP contribution in [0, 0.1) is 5.82 Å². The number of hydrogen-bond acceptors (Lipinski definition) is 1. The van der Waals surface area contributed by atoms with Gasteiger partial charge in [0.05, 0.1) is 11.4 Å². The zero-order chi connectivity index (χ0) is 14.3. The van der Waals surface area contributed by atoms with Gasteiger partial charge in [0.1, 0.15) is 11.6 Å². The smallest absolute Gasteiger partial charge is 0.127 e. The molecule has 0 spiro atoms. The van der Waals surface area contributed by atoms with E-state index in [-0.39, 0.29) is 10.6 Å². The first kappa shape index (κ1) is 14.4. The molecular weight excluding hydrogens is 410 g/mol. The second kappa shape index (κ2) is 5.66. The van der Waals surface area contributed by atoms with E-state index in [9.17, 15) is 4.39 Å². The minimum Gasteiger partial charge on any atom is -0.493 e. The van der Waals surface area contributed by atoms with Crippen molar-refractivity contribution in [3.8, 4) is 5.75 Å². The SMILES string of the molecule is Fc1ccc(C(Br)c2cc(Cl)cc3c2OCC3)c(Br)c1. The molecule has 1 unspecified atom stereocenters. The highest BCUT2D eigenvalue weighted by molar-refractivity contribution is 9.11. The highest BCUT2D eigenvalue weighted by Gasteiger charge is 2.24. The Balaban J connectivity index is 2.09.